The Morgan fingerprint density at radius 2 is 2.47 bits per heavy atom. The summed E-state index contributed by atoms with van der Waals surface area (Å²) in [6.45, 7) is 0. The van der Waals surface area contributed by atoms with E-state index in [0.29, 0.717) is 30.6 Å². The number of unbranched alkanes of at least 4 members (excludes halogenated alkanes) is 1. The molecule has 0 saturated carbocycles. The maximum Gasteiger partial charge on any atom is 0.166 e. The van der Waals surface area contributed by atoms with Crippen molar-refractivity contribution in [1.29, 1.82) is 0 Å². The molecule has 3 heteroatoms. The number of carbonyl (C=O) groups is 1. The second-order valence-corrected chi connectivity index (χ2v) is 3.06. The van der Waals surface area contributed by atoms with E-state index in [2.05, 4.69) is 10.9 Å². The van der Waals surface area contributed by atoms with Crippen molar-refractivity contribution in [2.75, 3.05) is 7.11 Å². The minimum absolute atomic E-state index is 0.0458. The van der Waals surface area contributed by atoms with Gasteiger partial charge in [-0.25, -0.2) is 0 Å². The average molecular weight is 203 g/mol. The molecule has 3 nitrogen and oxygen atoms in total. The molecule has 15 heavy (non-hydrogen) atoms. The number of ether oxygens (including phenoxy) is 1. The molecule has 1 rings (SSSR count). The van der Waals surface area contributed by atoms with Gasteiger partial charge in [0.15, 0.2) is 5.78 Å². The number of rotatable bonds is 5. The normalized spacial score (nSPS) is 9.33. The van der Waals surface area contributed by atoms with Crippen molar-refractivity contribution >= 4 is 5.78 Å². The minimum atomic E-state index is 0.0458. The molecular formula is C12H13NO2. The number of carbonyl (C=O) groups excluding carboxylic acids is 1. The summed E-state index contributed by atoms with van der Waals surface area (Å²) < 4.78 is 5.05. The first kappa shape index (κ1) is 11.3. The summed E-state index contributed by atoms with van der Waals surface area (Å²) in [4.78, 5) is 15.6. The number of methoxy groups -OCH3 is 1. The smallest absolute Gasteiger partial charge is 0.166 e. The molecule has 0 aromatic carbocycles. The zero-order valence-corrected chi connectivity index (χ0v) is 8.69. The highest BCUT2D eigenvalue weighted by Gasteiger charge is 2.10. The van der Waals surface area contributed by atoms with Gasteiger partial charge < -0.3 is 4.74 Å². The van der Waals surface area contributed by atoms with E-state index in [9.17, 15) is 4.79 Å². The van der Waals surface area contributed by atoms with Gasteiger partial charge in [-0.05, 0) is 12.5 Å². The van der Waals surface area contributed by atoms with Crippen molar-refractivity contribution < 1.29 is 9.53 Å². The van der Waals surface area contributed by atoms with Crippen LogP contribution in [0.3, 0.4) is 0 Å². The molecule has 0 amide bonds. The van der Waals surface area contributed by atoms with Crippen LogP contribution in [0.15, 0.2) is 18.5 Å². The van der Waals surface area contributed by atoms with Crippen LogP contribution in [-0.4, -0.2) is 17.9 Å². The van der Waals surface area contributed by atoms with Gasteiger partial charge in [-0.3, -0.25) is 9.78 Å². The number of terminal acetylenes is 1. The number of Topliss-reactive ketones (excluding diaryl/α,β-unsaturated/α-hetero) is 1. The molecule has 0 bridgehead atoms. The quantitative estimate of drug-likeness (QED) is 0.418. The Bertz CT molecular complexity index is 379. The summed E-state index contributed by atoms with van der Waals surface area (Å²) in [6, 6.07) is 1.66. The molecule has 0 aliphatic carbocycles. The molecule has 0 aliphatic heterocycles. The Labute approximate surface area is 89.5 Å². The molecular weight excluding hydrogens is 190 g/mol. The monoisotopic (exact) mass is 203 g/mol. The van der Waals surface area contributed by atoms with Gasteiger partial charge in [0.05, 0.1) is 18.9 Å². The van der Waals surface area contributed by atoms with Crippen LogP contribution in [0.4, 0.5) is 0 Å². The Kier molecular flexibility index (Phi) is 4.36. The number of nitrogens with zero attached hydrogens (tertiary/aromatic N) is 1. The molecule has 0 spiro atoms. The van der Waals surface area contributed by atoms with Crippen LogP contribution >= 0.6 is 0 Å². The second kappa shape index (κ2) is 5.82. The van der Waals surface area contributed by atoms with Crippen LogP contribution in [0.2, 0.25) is 0 Å². The Morgan fingerprint density at radius 1 is 1.67 bits per heavy atom. The number of hydrogen-bond donors (Lipinski definition) is 0. The summed E-state index contributed by atoms with van der Waals surface area (Å²) in [5.74, 6) is 3.07. The van der Waals surface area contributed by atoms with Crippen molar-refractivity contribution in [3.05, 3.63) is 24.0 Å². The van der Waals surface area contributed by atoms with E-state index in [1.54, 1.807) is 12.3 Å². The van der Waals surface area contributed by atoms with Crippen LogP contribution in [0.5, 0.6) is 5.75 Å². The first-order chi connectivity index (χ1) is 7.29. The van der Waals surface area contributed by atoms with Gasteiger partial charge in [0.2, 0.25) is 0 Å². The van der Waals surface area contributed by atoms with Crippen molar-refractivity contribution in [1.82, 2.24) is 4.98 Å². The van der Waals surface area contributed by atoms with Gasteiger partial charge in [-0.2, -0.15) is 0 Å². The molecule has 78 valence electrons. The Hall–Kier alpha value is -1.82. The third-order valence-corrected chi connectivity index (χ3v) is 2.03. The van der Waals surface area contributed by atoms with E-state index < -0.39 is 0 Å². The lowest BCUT2D eigenvalue weighted by Crippen LogP contribution is -2.02. The summed E-state index contributed by atoms with van der Waals surface area (Å²) in [5, 5.41) is 0. The predicted molar refractivity (Wildman–Crippen MR) is 57.8 cm³/mol. The Morgan fingerprint density at radius 3 is 3.13 bits per heavy atom. The van der Waals surface area contributed by atoms with Gasteiger partial charge in [-0.1, -0.05) is 0 Å². The van der Waals surface area contributed by atoms with Crippen LogP contribution < -0.4 is 4.74 Å². The third kappa shape index (κ3) is 3.10. The minimum Gasteiger partial charge on any atom is -0.494 e. The van der Waals surface area contributed by atoms with E-state index in [0.717, 1.165) is 0 Å². The van der Waals surface area contributed by atoms with Crippen molar-refractivity contribution in [3.63, 3.8) is 0 Å². The molecule has 0 fully saturated rings. The first-order valence-electron chi connectivity index (χ1n) is 4.74. The van der Waals surface area contributed by atoms with E-state index in [-0.39, 0.29) is 5.78 Å². The largest absolute Gasteiger partial charge is 0.494 e. The SMILES string of the molecule is C#CCCCC(=O)c1ccncc1OC. The maximum atomic E-state index is 11.7. The van der Waals surface area contributed by atoms with E-state index in [4.69, 9.17) is 11.2 Å². The predicted octanol–water partition coefficient (Wildman–Crippen LogP) is 2.08. The number of aromatic nitrogens is 1. The lowest BCUT2D eigenvalue weighted by molar-refractivity contribution is 0.0977. The molecule has 1 aromatic rings. The molecule has 0 radical (unpaired) electrons. The first-order valence-corrected chi connectivity index (χ1v) is 4.74. The zero-order valence-electron chi connectivity index (χ0n) is 8.69. The number of pyridine rings is 1. The molecule has 0 unspecified atom stereocenters. The molecule has 1 heterocycles. The summed E-state index contributed by atoms with van der Waals surface area (Å²) >= 11 is 0. The van der Waals surface area contributed by atoms with Gasteiger partial charge >= 0.3 is 0 Å². The van der Waals surface area contributed by atoms with E-state index >= 15 is 0 Å². The summed E-state index contributed by atoms with van der Waals surface area (Å²) in [7, 11) is 1.52. The van der Waals surface area contributed by atoms with Crippen molar-refractivity contribution in [2.24, 2.45) is 0 Å². The summed E-state index contributed by atoms with van der Waals surface area (Å²) in [6.07, 6.45) is 10.0. The lowest BCUT2D eigenvalue weighted by Gasteiger charge is -2.05. The highest BCUT2D eigenvalue weighted by atomic mass is 16.5. The second-order valence-electron chi connectivity index (χ2n) is 3.06. The number of ketones is 1. The molecule has 1 aromatic heterocycles. The maximum absolute atomic E-state index is 11.7. The van der Waals surface area contributed by atoms with Crippen molar-refractivity contribution in [2.45, 2.75) is 19.3 Å². The molecule has 0 aliphatic rings. The van der Waals surface area contributed by atoms with E-state index in [1.807, 2.05) is 0 Å². The van der Waals surface area contributed by atoms with Crippen LogP contribution in [0, 0.1) is 12.3 Å². The fraction of sp³-hybridized carbons (Fsp3) is 0.333. The average Bonchev–Trinajstić information content (AvgIpc) is 2.29. The highest BCUT2D eigenvalue weighted by molar-refractivity contribution is 5.98. The lowest BCUT2D eigenvalue weighted by atomic mass is 10.1. The summed E-state index contributed by atoms with van der Waals surface area (Å²) in [5.41, 5.74) is 0.574. The fourth-order valence-corrected chi connectivity index (χ4v) is 1.26. The molecule has 0 saturated heterocycles. The highest BCUT2D eigenvalue weighted by Crippen LogP contribution is 2.18. The van der Waals surface area contributed by atoms with Gasteiger partial charge in [0.25, 0.3) is 0 Å². The zero-order chi connectivity index (χ0) is 11.1. The molecule has 0 N–H and O–H groups in total. The van der Waals surface area contributed by atoms with Gasteiger partial charge in [0.1, 0.15) is 5.75 Å². The van der Waals surface area contributed by atoms with E-state index in [1.165, 1.54) is 13.3 Å². The fourth-order valence-electron chi connectivity index (χ4n) is 1.26. The van der Waals surface area contributed by atoms with Gasteiger partial charge in [0, 0.05) is 19.0 Å². The van der Waals surface area contributed by atoms with Gasteiger partial charge in [-0.15, -0.1) is 12.3 Å². The standard InChI is InChI=1S/C12H13NO2/c1-3-4-5-6-11(14)10-7-8-13-9-12(10)15-2/h1,7-9H,4-6H2,2H3. The van der Waals surface area contributed by atoms with Crippen molar-refractivity contribution in [3.8, 4) is 18.1 Å². The van der Waals surface area contributed by atoms with Crippen LogP contribution in [0.1, 0.15) is 29.6 Å². The molecule has 0 atom stereocenters. The topological polar surface area (TPSA) is 39.2 Å². The Balaban J connectivity index is 2.69. The number of hydrogen-bond acceptors (Lipinski definition) is 3. The van der Waals surface area contributed by atoms with Crippen LogP contribution in [0.25, 0.3) is 0 Å². The third-order valence-electron chi connectivity index (χ3n) is 2.03. The van der Waals surface area contributed by atoms with Crippen LogP contribution in [-0.2, 0) is 0 Å².